The lowest BCUT2D eigenvalue weighted by Gasteiger charge is -2.32. The highest BCUT2D eigenvalue weighted by molar-refractivity contribution is 6.05. The van der Waals surface area contributed by atoms with Crippen molar-refractivity contribution >= 4 is 29.3 Å². The molecule has 3 aromatic rings. The number of anilines is 2. The van der Waals surface area contributed by atoms with Crippen molar-refractivity contribution in [2.45, 2.75) is 13.5 Å². The second kappa shape index (κ2) is 11.6. The molecule has 0 saturated carbocycles. The smallest absolute Gasteiger partial charge is 0.255 e. The molecule has 35 heavy (non-hydrogen) atoms. The van der Waals surface area contributed by atoms with Gasteiger partial charge in [0.2, 0.25) is 5.91 Å². The summed E-state index contributed by atoms with van der Waals surface area (Å²) in [5.74, 6) is -0.440. The molecule has 7 nitrogen and oxygen atoms in total. The second-order valence-corrected chi connectivity index (χ2v) is 8.87. The lowest BCUT2D eigenvalue weighted by atomic mass is 10.1. The van der Waals surface area contributed by atoms with Crippen LogP contribution in [0.4, 0.5) is 11.4 Å². The Morgan fingerprint density at radius 3 is 2.49 bits per heavy atom. The summed E-state index contributed by atoms with van der Waals surface area (Å²) in [6.07, 6.45) is 6.54. The fourth-order valence-corrected chi connectivity index (χ4v) is 3.88. The maximum Gasteiger partial charge on any atom is 0.255 e. The van der Waals surface area contributed by atoms with E-state index in [1.165, 1.54) is 11.6 Å². The van der Waals surface area contributed by atoms with Crippen LogP contribution in [0.2, 0.25) is 0 Å². The van der Waals surface area contributed by atoms with Crippen LogP contribution < -0.4 is 10.6 Å². The zero-order valence-corrected chi connectivity index (χ0v) is 20.2. The first kappa shape index (κ1) is 24.3. The fourth-order valence-electron chi connectivity index (χ4n) is 3.88. The van der Waals surface area contributed by atoms with Crippen LogP contribution in [0.5, 0.6) is 0 Å². The fraction of sp³-hybridized carbons (Fsp3) is 0.250. The Labute approximate surface area is 206 Å². The van der Waals surface area contributed by atoms with Crippen LogP contribution in [0.25, 0.3) is 6.08 Å². The normalized spacial score (nSPS) is 14.7. The van der Waals surface area contributed by atoms with Gasteiger partial charge in [0.25, 0.3) is 5.91 Å². The molecule has 1 aromatic heterocycles. The number of nitrogens with zero attached hydrogens (tertiary/aromatic N) is 3. The average Bonchev–Trinajstić information content (AvgIpc) is 2.87. The SMILES string of the molecule is Cc1ccc(NC(=O)c2ccc(CN3CCN(C)CC3)cc2)cc1NC(=O)/C=C/c1cccnc1. The van der Waals surface area contributed by atoms with E-state index >= 15 is 0 Å². The van der Waals surface area contributed by atoms with Crippen molar-refractivity contribution in [1.82, 2.24) is 14.8 Å². The summed E-state index contributed by atoms with van der Waals surface area (Å²) < 4.78 is 0. The number of amides is 2. The summed E-state index contributed by atoms with van der Waals surface area (Å²) in [5.41, 5.74) is 4.80. The number of carbonyl (C=O) groups excluding carboxylic acids is 2. The van der Waals surface area contributed by atoms with Gasteiger partial charge >= 0.3 is 0 Å². The molecule has 2 N–H and O–H groups in total. The number of rotatable bonds is 7. The van der Waals surface area contributed by atoms with Crippen LogP contribution in [0.3, 0.4) is 0 Å². The maximum atomic E-state index is 12.8. The van der Waals surface area contributed by atoms with Crippen LogP contribution in [0, 0.1) is 6.92 Å². The van der Waals surface area contributed by atoms with Crippen molar-refractivity contribution in [1.29, 1.82) is 0 Å². The van der Waals surface area contributed by atoms with Crippen LogP contribution in [0.1, 0.15) is 27.0 Å². The van der Waals surface area contributed by atoms with E-state index in [2.05, 4.69) is 32.5 Å². The van der Waals surface area contributed by atoms with Crippen molar-refractivity contribution in [2.24, 2.45) is 0 Å². The molecule has 0 radical (unpaired) electrons. The Balaban J connectivity index is 1.34. The third-order valence-corrected chi connectivity index (χ3v) is 6.08. The first-order valence-electron chi connectivity index (χ1n) is 11.8. The number of hydrogen-bond acceptors (Lipinski definition) is 5. The molecule has 1 aliphatic heterocycles. The summed E-state index contributed by atoms with van der Waals surface area (Å²) in [7, 11) is 2.15. The summed E-state index contributed by atoms with van der Waals surface area (Å²) in [5, 5.41) is 5.81. The van der Waals surface area contributed by atoms with Crippen LogP contribution in [-0.2, 0) is 11.3 Å². The Morgan fingerprint density at radius 1 is 1.00 bits per heavy atom. The molecule has 0 aliphatic carbocycles. The Bertz CT molecular complexity index is 1180. The maximum absolute atomic E-state index is 12.8. The van der Waals surface area contributed by atoms with Gasteiger partial charge in [0.05, 0.1) is 0 Å². The summed E-state index contributed by atoms with van der Waals surface area (Å²) in [6.45, 7) is 7.09. The molecular formula is C28H31N5O2. The first-order chi connectivity index (χ1) is 17.0. The molecule has 0 spiro atoms. The van der Waals surface area contributed by atoms with Gasteiger partial charge in [0.1, 0.15) is 0 Å². The molecule has 0 unspecified atom stereocenters. The molecular weight excluding hydrogens is 438 g/mol. The number of likely N-dealkylation sites (N-methyl/N-ethyl adjacent to an activating group) is 1. The van der Waals surface area contributed by atoms with E-state index in [-0.39, 0.29) is 11.8 Å². The molecule has 2 amide bonds. The molecule has 4 rings (SSSR count). The number of piperazine rings is 1. The molecule has 1 fully saturated rings. The highest BCUT2D eigenvalue weighted by Gasteiger charge is 2.14. The number of aryl methyl sites for hydroxylation is 1. The zero-order valence-electron chi connectivity index (χ0n) is 20.2. The standard InChI is InChI=1S/C28H31N5O2/c1-21-5-11-25(18-26(21)31-27(34)12-8-22-4-3-13-29-19-22)30-28(35)24-9-6-23(7-10-24)20-33-16-14-32(2)15-17-33/h3-13,18-19H,14-17,20H2,1-2H3,(H,30,35)(H,31,34)/b12-8+. The van der Waals surface area contributed by atoms with E-state index in [0.717, 1.165) is 43.9 Å². The minimum atomic E-state index is -0.253. The van der Waals surface area contributed by atoms with Gasteiger partial charge in [-0.25, -0.2) is 0 Å². The van der Waals surface area contributed by atoms with Crippen LogP contribution >= 0.6 is 0 Å². The molecule has 0 atom stereocenters. The molecule has 2 aromatic carbocycles. The van der Waals surface area contributed by atoms with Crippen LogP contribution in [-0.4, -0.2) is 59.8 Å². The van der Waals surface area contributed by atoms with Gasteiger partial charge < -0.3 is 15.5 Å². The van der Waals surface area contributed by atoms with E-state index in [0.29, 0.717) is 16.9 Å². The average molecular weight is 470 g/mol. The van der Waals surface area contributed by atoms with E-state index in [1.807, 2.05) is 55.5 Å². The topological polar surface area (TPSA) is 77.6 Å². The summed E-state index contributed by atoms with van der Waals surface area (Å²) in [4.78, 5) is 34.0. The van der Waals surface area contributed by atoms with Gasteiger partial charge in [-0.3, -0.25) is 19.5 Å². The Morgan fingerprint density at radius 2 is 1.77 bits per heavy atom. The Kier molecular flexibility index (Phi) is 8.03. The lowest BCUT2D eigenvalue weighted by molar-refractivity contribution is -0.111. The lowest BCUT2D eigenvalue weighted by Crippen LogP contribution is -2.43. The van der Waals surface area contributed by atoms with Gasteiger partial charge in [0.15, 0.2) is 0 Å². The number of carbonyl (C=O) groups is 2. The van der Waals surface area contributed by atoms with Gasteiger partial charge in [-0.05, 0) is 67.1 Å². The highest BCUT2D eigenvalue weighted by atomic mass is 16.2. The summed E-state index contributed by atoms with van der Waals surface area (Å²) >= 11 is 0. The van der Waals surface area contributed by atoms with Gasteiger partial charge in [-0.2, -0.15) is 0 Å². The number of hydrogen-bond donors (Lipinski definition) is 2. The quantitative estimate of drug-likeness (QED) is 0.511. The molecule has 180 valence electrons. The first-order valence-corrected chi connectivity index (χ1v) is 11.8. The Hall–Kier alpha value is -3.81. The molecule has 1 saturated heterocycles. The highest BCUT2D eigenvalue weighted by Crippen LogP contribution is 2.21. The predicted octanol–water partition coefficient (Wildman–Crippen LogP) is 4.04. The number of aromatic nitrogens is 1. The van der Waals surface area contributed by atoms with Gasteiger partial charge in [0, 0.05) is 68.1 Å². The number of benzene rings is 2. The molecule has 7 heteroatoms. The molecule has 2 heterocycles. The minimum Gasteiger partial charge on any atom is -0.322 e. The molecule has 1 aliphatic rings. The predicted molar refractivity (Wildman–Crippen MR) is 140 cm³/mol. The third kappa shape index (κ3) is 7.09. The van der Waals surface area contributed by atoms with E-state index in [4.69, 9.17) is 0 Å². The molecule has 0 bridgehead atoms. The van der Waals surface area contributed by atoms with Crippen LogP contribution in [0.15, 0.2) is 73.1 Å². The largest absolute Gasteiger partial charge is 0.322 e. The van der Waals surface area contributed by atoms with E-state index in [1.54, 1.807) is 24.5 Å². The van der Waals surface area contributed by atoms with Crippen molar-refractivity contribution in [3.8, 4) is 0 Å². The van der Waals surface area contributed by atoms with Crippen molar-refractivity contribution < 1.29 is 9.59 Å². The van der Waals surface area contributed by atoms with Crippen molar-refractivity contribution in [3.05, 3.63) is 95.3 Å². The van der Waals surface area contributed by atoms with E-state index < -0.39 is 0 Å². The summed E-state index contributed by atoms with van der Waals surface area (Å²) in [6, 6.07) is 16.9. The zero-order chi connectivity index (χ0) is 24.6. The minimum absolute atomic E-state index is 0.186. The van der Waals surface area contributed by atoms with Crippen molar-refractivity contribution in [2.75, 3.05) is 43.9 Å². The second-order valence-electron chi connectivity index (χ2n) is 8.87. The van der Waals surface area contributed by atoms with Gasteiger partial charge in [-0.15, -0.1) is 0 Å². The third-order valence-electron chi connectivity index (χ3n) is 6.08. The van der Waals surface area contributed by atoms with E-state index in [9.17, 15) is 9.59 Å². The van der Waals surface area contributed by atoms with Gasteiger partial charge in [-0.1, -0.05) is 24.3 Å². The van der Waals surface area contributed by atoms with Crippen molar-refractivity contribution in [3.63, 3.8) is 0 Å². The number of pyridine rings is 1. The monoisotopic (exact) mass is 469 g/mol. The number of nitrogens with one attached hydrogen (secondary N) is 2.